The van der Waals surface area contributed by atoms with E-state index in [1.807, 2.05) is 0 Å². The molecule has 0 radical (unpaired) electrons. The van der Waals surface area contributed by atoms with E-state index in [1.54, 1.807) is 22.6 Å². The third kappa shape index (κ3) is 3.60. The zero-order chi connectivity index (χ0) is 13.2. The van der Waals surface area contributed by atoms with Crippen LogP contribution >= 0.6 is 34.2 Å². The standard InChI is InChI=1S/C8H4ClF3INO3/c1-16-5-3(13)2-14-4(7(9)15)6(5)17-8(10,11)12/h2H,1H3. The lowest BCUT2D eigenvalue weighted by atomic mass is 10.3. The maximum Gasteiger partial charge on any atom is 0.573 e. The van der Waals surface area contributed by atoms with Crippen molar-refractivity contribution in [1.29, 1.82) is 0 Å². The van der Waals surface area contributed by atoms with E-state index in [1.165, 1.54) is 0 Å². The Morgan fingerprint density at radius 2 is 2.06 bits per heavy atom. The number of methoxy groups -OCH3 is 1. The molecule has 0 atom stereocenters. The van der Waals surface area contributed by atoms with E-state index < -0.39 is 23.0 Å². The summed E-state index contributed by atoms with van der Waals surface area (Å²) in [5.41, 5.74) is -0.652. The van der Waals surface area contributed by atoms with Gasteiger partial charge in [-0.15, -0.1) is 13.2 Å². The highest BCUT2D eigenvalue weighted by Gasteiger charge is 2.35. The van der Waals surface area contributed by atoms with Crippen molar-refractivity contribution in [3.63, 3.8) is 0 Å². The summed E-state index contributed by atoms with van der Waals surface area (Å²) >= 11 is 6.80. The highest BCUT2D eigenvalue weighted by molar-refractivity contribution is 14.1. The predicted octanol–water partition coefficient (Wildman–Crippen LogP) is 2.97. The Hall–Kier alpha value is -0.770. The van der Waals surface area contributed by atoms with E-state index >= 15 is 0 Å². The number of ether oxygens (including phenoxy) is 2. The van der Waals surface area contributed by atoms with Crippen molar-refractivity contribution in [3.05, 3.63) is 15.5 Å². The highest BCUT2D eigenvalue weighted by Crippen LogP contribution is 2.38. The van der Waals surface area contributed by atoms with Crippen molar-refractivity contribution >= 4 is 39.4 Å². The van der Waals surface area contributed by atoms with E-state index in [2.05, 4.69) is 9.72 Å². The number of halogens is 5. The van der Waals surface area contributed by atoms with E-state index in [4.69, 9.17) is 16.3 Å². The van der Waals surface area contributed by atoms with Crippen LogP contribution in [0.5, 0.6) is 11.5 Å². The molecular formula is C8H4ClF3INO3. The number of carbonyl (C=O) groups is 1. The first-order valence-corrected chi connectivity index (χ1v) is 5.40. The first-order chi connectivity index (χ1) is 7.76. The molecule has 0 saturated carbocycles. The summed E-state index contributed by atoms with van der Waals surface area (Å²) in [6.07, 6.45) is -3.82. The van der Waals surface area contributed by atoms with Crippen LogP contribution < -0.4 is 9.47 Å². The van der Waals surface area contributed by atoms with Crippen molar-refractivity contribution in [2.24, 2.45) is 0 Å². The van der Waals surface area contributed by atoms with Crippen LogP contribution in [0, 0.1) is 3.57 Å². The Kier molecular flexibility index (Phi) is 4.42. The first-order valence-electron chi connectivity index (χ1n) is 3.94. The van der Waals surface area contributed by atoms with Crippen LogP contribution in [0.15, 0.2) is 6.20 Å². The van der Waals surface area contributed by atoms with Gasteiger partial charge in [0.2, 0.25) is 5.75 Å². The third-order valence-corrected chi connectivity index (χ3v) is 2.50. The van der Waals surface area contributed by atoms with Gasteiger partial charge in [-0.25, -0.2) is 4.98 Å². The molecule has 0 amide bonds. The quantitative estimate of drug-likeness (QED) is 0.597. The van der Waals surface area contributed by atoms with Gasteiger partial charge < -0.3 is 9.47 Å². The largest absolute Gasteiger partial charge is 0.573 e. The second-order valence-corrected chi connectivity index (χ2v) is 4.14. The van der Waals surface area contributed by atoms with Gasteiger partial charge in [0.15, 0.2) is 11.4 Å². The zero-order valence-electron chi connectivity index (χ0n) is 8.14. The maximum atomic E-state index is 12.2. The molecule has 94 valence electrons. The Balaban J connectivity index is 3.39. The van der Waals surface area contributed by atoms with Gasteiger partial charge in [0.25, 0.3) is 5.24 Å². The lowest BCUT2D eigenvalue weighted by molar-refractivity contribution is -0.275. The fraction of sp³-hybridized carbons (Fsp3) is 0.250. The molecule has 0 aromatic carbocycles. The molecule has 0 spiro atoms. The first kappa shape index (κ1) is 14.3. The molecule has 0 saturated heterocycles. The summed E-state index contributed by atoms with van der Waals surface area (Å²) in [5, 5.41) is -1.17. The molecular weight excluding hydrogens is 377 g/mol. The monoisotopic (exact) mass is 381 g/mol. The number of hydrogen-bond donors (Lipinski definition) is 0. The Labute approximate surface area is 112 Å². The summed E-state index contributed by atoms with van der Waals surface area (Å²) < 4.78 is 45.2. The van der Waals surface area contributed by atoms with Gasteiger partial charge in [0.1, 0.15) is 0 Å². The van der Waals surface area contributed by atoms with Crippen LogP contribution in [-0.2, 0) is 0 Å². The predicted molar refractivity (Wildman–Crippen MR) is 60.4 cm³/mol. The minimum absolute atomic E-state index is 0.248. The van der Waals surface area contributed by atoms with Gasteiger partial charge in [0, 0.05) is 6.20 Å². The average Bonchev–Trinajstić information content (AvgIpc) is 2.15. The van der Waals surface area contributed by atoms with Crippen molar-refractivity contribution in [3.8, 4) is 11.5 Å². The molecule has 0 aliphatic carbocycles. The fourth-order valence-corrected chi connectivity index (χ4v) is 1.73. The Morgan fingerprint density at radius 1 is 1.47 bits per heavy atom. The Morgan fingerprint density at radius 3 is 2.47 bits per heavy atom. The number of hydrogen-bond acceptors (Lipinski definition) is 4. The molecule has 0 fully saturated rings. The molecule has 1 aromatic rings. The lowest BCUT2D eigenvalue weighted by Gasteiger charge is -2.14. The summed E-state index contributed by atoms with van der Waals surface area (Å²) in [7, 11) is 1.14. The molecule has 1 aromatic heterocycles. The number of rotatable bonds is 3. The topological polar surface area (TPSA) is 48.4 Å². The molecule has 17 heavy (non-hydrogen) atoms. The van der Waals surface area contributed by atoms with Crippen LogP contribution in [0.25, 0.3) is 0 Å². The minimum atomic E-state index is -4.97. The summed E-state index contributed by atoms with van der Waals surface area (Å²) in [6.45, 7) is 0. The Bertz CT molecular complexity index is 452. The average molecular weight is 381 g/mol. The number of nitrogens with zero attached hydrogens (tertiary/aromatic N) is 1. The van der Waals surface area contributed by atoms with Crippen molar-refractivity contribution in [2.45, 2.75) is 6.36 Å². The van der Waals surface area contributed by atoms with Gasteiger partial charge in [-0.05, 0) is 34.2 Å². The van der Waals surface area contributed by atoms with Crippen LogP contribution in [0.3, 0.4) is 0 Å². The maximum absolute atomic E-state index is 12.2. The number of alkyl halides is 3. The van der Waals surface area contributed by atoms with Gasteiger partial charge in [-0.1, -0.05) is 0 Å². The molecule has 1 rings (SSSR count). The minimum Gasteiger partial charge on any atom is -0.492 e. The van der Waals surface area contributed by atoms with E-state index in [9.17, 15) is 18.0 Å². The van der Waals surface area contributed by atoms with Crippen molar-refractivity contribution in [2.75, 3.05) is 7.11 Å². The van der Waals surface area contributed by atoms with Gasteiger partial charge >= 0.3 is 6.36 Å². The number of aromatic nitrogens is 1. The van der Waals surface area contributed by atoms with Gasteiger partial charge in [-0.3, -0.25) is 4.79 Å². The molecule has 0 unspecified atom stereocenters. The number of carbonyl (C=O) groups excluding carboxylic acids is 1. The molecule has 9 heteroatoms. The van der Waals surface area contributed by atoms with E-state index in [0.717, 1.165) is 13.3 Å². The van der Waals surface area contributed by atoms with Crippen LogP contribution in [0.1, 0.15) is 10.5 Å². The zero-order valence-corrected chi connectivity index (χ0v) is 11.1. The SMILES string of the molecule is COc1c(I)cnc(C(=O)Cl)c1OC(F)(F)F. The second-order valence-electron chi connectivity index (χ2n) is 2.64. The van der Waals surface area contributed by atoms with Crippen LogP contribution in [0.2, 0.25) is 0 Å². The van der Waals surface area contributed by atoms with E-state index in [-0.39, 0.29) is 9.32 Å². The van der Waals surface area contributed by atoms with Crippen LogP contribution in [0.4, 0.5) is 13.2 Å². The van der Waals surface area contributed by atoms with Crippen LogP contribution in [-0.4, -0.2) is 23.7 Å². The van der Waals surface area contributed by atoms with Gasteiger partial charge in [0.05, 0.1) is 10.7 Å². The van der Waals surface area contributed by atoms with Crippen molar-refractivity contribution < 1.29 is 27.4 Å². The summed E-state index contributed by atoms with van der Waals surface area (Å²) in [5.74, 6) is -1.09. The second kappa shape index (κ2) is 5.25. The van der Waals surface area contributed by atoms with E-state index in [0.29, 0.717) is 0 Å². The molecule has 1 heterocycles. The normalized spacial score (nSPS) is 11.2. The molecule has 4 nitrogen and oxygen atoms in total. The molecule has 0 aliphatic rings. The van der Waals surface area contributed by atoms with Gasteiger partial charge in [-0.2, -0.15) is 0 Å². The molecule has 0 aliphatic heterocycles. The third-order valence-electron chi connectivity index (χ3n) is 1.55. The summed E-state index contributed by atoms with van der Waals surface area (Å²) in [4.78, 5) is 14.4. The fourth-order valence-electron chi connectivity index (χ4n) is 0.995. The summed E-state index contributed by atoms with van der Waals surface area (Å²) in [6, 6.07) is 0. The molecule has 0 bridgehead atoms. The smallest absolute Gasteiger partial charge is 0.492 e. The van der Waals surface area contributed by atoms with Crippen molar-refractivity contribution in [1.82, 2.24) is 4.98 Å². The lowest BCUT2D eigenvalue weighted by Crippen LogP contribution is -2.20. The highest BCUT2D eigenvalue weighted by atomic mass is 127. The number of pyridine rings is 1. The molecule has 0 N–H and O–H groups in total.